The van der Waals surface area contributed by atoms with Gasteiger partial charge in [-0.05, 0) is 18.2 Å². The number of ether oxygens (including phenoxy) is 1. The van der Waals surface area contributed by atoms with E-state index in [1.807, 2.05) is 6.07 Å². The van der Waals surface area contributed by atoms with Crippen molar-refractivity contribution in [3.05, 3.63) is 23.2 Å². The van der Waals surface area contributed by atoms with Gasteiger partial charge in [0.1, 0.15) is 5.75 Å². The number of hydrogen-bond donors (Lipinski definition) is 2. The standard InChI is InChI=1S/C9H12ClNO2/c1-13-9-3-2-7(6-8(9)10)11-4-5-12/h2-3,6,11-12H,4-5H2,1H3. The first-order valence-electron chi connectivity index (χ1n) is 3.96. The molecule has 4 heteroatoms. The lowest BCUT2D eigenvalue weighted by molar-refractivity contribution is 0.311. The molecule has 72 valence electrons. The Balaban J connectivity index is 2.71. The number of aliphatic hydroxyl groups excluding tert-OH is 1. The molecule has 0 aliphatic carbocycles. The Morgan fingerprint density at radius 1 is 1.54 bits per heavy atom. The fourth-order valence-electron chi connectivity index (χ4n) is 0.977. The third-order valence-corrected chi connectivity index (χ3v) is 1.89. The minimum absolute atomic E-state index is 0.101. The second-order valence-corrected chi connectivity index (χ2v) is 2.91. The van der Waals surface area contributed by atoms with Gasteiger partial charge < -0.3 is 15.2 Å². The van der Waals surface area contributed by atoms with E-state index in [1.54, 1.807) is 19.2 Å². The molecule has 0 radical (unpaired) electrons. The van der Waals surface area contributed by atoms with Crippen LogP contribution in [-0.4, -0.2) is 25.4 Å². The van der Waals surface area contributed by atoms with Gasteiger partial charge in [0, 0.05) is 12.2 Å². The fourth-order valence-corrected chi connectivity index (χ4v) is 1.23. The van der Waals surface area contributed by atoms with Crippen molar-refractivity contribution < 1.29 is 9.84 Å². The van der Waals surface area contributed by atoms with Crippen LogP contribution in [0.3, 0.4) is 0 Å². The van der Waals surface area contributed by atoms with E-state index < -0.39 is 0 Å². The Kier molecular flexibility index (Phi) is 3.86. The first kappa shape index (κ1) is 10.2. The van der Waals surface area contributed by atoms with Crippen molar-refractivity contribution in [1.29, 1.82) is 0 Å². The van der Waals surface area contributed by atoms with Gasteiger partial charge in [-0.15, -0.1) is 0 Å². The molecule has 0 aliphatic rings. The molecule has 1 aromatic carbocycles. The van der Waals surface area contributed by atoms with Gasteiger partial charge in [0.2, 0.25) is 0 Å². The second kappa shape index (κ2) is 4.94. The van der Waals surface area contributed by atoms with Crippen LogP contribution in [0.2, 0.25) is 5.02 Å². The zero-order valence-electron chi connectivity index (χ0n) is 7.38. The van der Waals surface area contributed by atoms with Crippen molar-refractivity contribution in [2.24, 2.45) is 0 Å². The van der Waals surface area contributed by atoms with Crippen LogP contribution < -0.4 is 10.1 Å². The maximum absolute atomic E-state index is 8.58. The van der Waals surface area contributed by atoms with Crippen LogP contribution in [0, 0.1) is 0 Å². The monoisotopic (exact) mass is 201 g/mol. The molecule has 0 heterocycles. The predicted molar refractivity (Wildman–Crippen MR) is 53.6 cm³/mol. The molecule has 0 fully saturated rings. The van der Waals surface area contributed by atoms with E-state index in [9.17, 15) is 0 Å². The molecular formula is C9H12ClNO2. The summed E-state index contributed by atoms with van der Waals surface area (Å²) >= 11 is 5.88. The molecule has 0 amide bonds. The number of benzene rings is 1. The molecule has 13 heavy (non-hydrogen) atoms. The lowest BCUT2D eigenvalue weighted by atomic mass is 10.3. The average molecular weight is 202 g/mol. The summed E-state index contributed by atoms with van der Waals surface area (Å²) in [5.41, 5.74) is 0.875. The van der Waals surface area contributed by atoms with Crippen LogP contribution in [-0.2, 0) is 0 Å². The Hall–Kier alpha value is -0.930. The van der Waals surface area contributed by atoms with Gasteiger partial charge in [0.15, 0.2) is 0 Å². The molecule has 0 saturated heterocycles. The number of halogens is 1. The molecule has 2 N–H and O–H groups in total. The predicted octanol–water partition coefficient (Wildman–Crippen LogP) is 1.75. The van der Waals surface area contributed by atoms with Crippen molar-refractivity contribution in [1.82, 2.24) is 0 Å². The van der Waals surface area contributed by atoms with Gasteiger partial charge >= 0.3 is 0 Å². The largest absolute Gasteiger partial charge is 0.495 e. The summed E-state index contributed by atoms with van der Waals surface area (Å²) in [5, 5.41) is 12.1. The van der Waals surface area contributed by atoms with E-state index in [2.05, 4.69) is 5.32 Å². The Morgan fingerprint density at radius 3 is 2.85 bits per heavy atom. The second-order valence-electron chi connectivity index (χ2n) is 2.50. The number of hydrogen-bond acceptors (Lipinski definition) is 3. The lowest BCUT2D eigenvalue weighted by Gasteiger charge is -2.07. The van der Waals surface area contributed by atoms with Crippen molar-refractivity contribution in [2.45, 2.75) is 0 Å². The van der Waals surface area contributed by atoms with Crippen LogP contribution in [0.1, 0.15) is 0 Å². The molecule has 3 nitrogen and oxygen atoms in total. The van der Waals surface area contributed by atoms with E-state index in [-0.39, 0.29) is 6.61 Å². The molecule has 0 unspecified atom stereocenters. The molecule has 0 spiro atoms. The molecular weight excluding hydrogens is 190 g/mol. The highest BCUT2D eigenvalue weighted by atomic mass is 35.5. The number of rotatable bonds is 4. The van der Waals surface area contributed by atoms with E-state index in [4.69, 9.17) is 21.4 Å². The Morgan fingerprint density at radius 2 is 2.31 bits per heavy atom. The summed E-state index contributed by atoms with van der Waals surface area (Å²) in [7, 11) is 1.57. The SMILES string of the molecule is COc1ccc(NCCO)cc1Cl. The normalized spacial score (nSPS) is 9.77. The molecule has 1 aromatic rings. The van der Waals surface area contributed by atoms with E-state index >= 15 is 0 Å². The smallest absolute Gasteiger partial charge is 0.137 e. The highest BCUT2D eigenvalue weighted by Crippen LogP contribution is 2.26. The third-order valence-electron chi connectivity index (χ3n) is 1.59. The summed E-state index contributed by atoms with van der Waals surface area (Å²) in [4.78, 5) is 0. The summed E-state index contributed by atoms with van der Waals surface area (Å²) in [6.45, 7) is 0.617. The number of aliphatic hydroxyl groups is 1. The minimum Gasteiger partial charge on any atom is -0.495 e. The van der Waals surface area contributed by atoms with Crippen molar-refractivity contribution in [2.75, 3.05) is 25.6 Å². The van der Waals surface area contributed by atoms with Gasteiger partial charge in [0.25, 0.3) is 0 Å². The van der Waals surface area contributed by atoms with E-state index in [0.717, 1.165) is 5.69 Å². The lowest BCUT2D eigenvalue weighted by Crippen LogP contribution is -2.05. The summed E-state index contributed by atoms with van der Waals surface area (Å²) in [5.74, 6) is 0.649. The maximum Gasteiger partial charge on any atom is 0.137 e. The summed E-state index contributed by atoms with van der Waals surface area (Å²) < 4.78 is 5.00. The highest BCUT2D eigenvalue weighted by molar-refractivity contribution is 6.32. The van der Waals surface area contributed by atoms with Crippen molar-refractivity contribution in [3.63, 3.8) is 0 Å². The van der Waals surface area contributed by atoms with Gasteiger partial charge in [-0.1, -0.05) is 11.6 Å². The average Bonchev–Trinajstić information content (AvgIpc) is 2.15. The molecule has 0 saturated carbocycles. The van der Waals surface area contributed by atoms with Crippen LogP contribution in [0.15, 0.2) is 18.2 Å². The first-order chi connectivity index (χ1) is 6.27. The summed E-state index contributed by atoms with van der Waals surface area (Å²) in [6.07, 6.45) is 0. The summed E-state index contributed by atoms with van der Waals surface area (Å²) in [6, 6.07) is 5.39. The van der Waals surface area contributed by atoms with Gasteiger partial charge in [-0.25, -0.2) is 0 Å². The van der Waals surface area contributed by atoms with Crippen molar-refractivity contribution in [3.8, 4) is 5.75 Å². The van der Waals surface area contributed by atoms with Crippen molar-refractivity contribution >= 4 is 17.3 Å². The van der Waals surface area contributed by atoms with Crippen LogP contribution in [0.25, 0.3) is 0 Å². The molecule has 0 aliphatic heterocycles. The molecule has 0 bridgehead atoms. The minimum atomic E-state index is 0.101. The van der Waals surface area contributed by atoms with E-state index in [1.165, 1.54) is 0 Å². The van der Waals surface area contributed by atoms with Gasteiger partial charge in [-0.3, -0.25) is 0 Å². The van der Waals surface area contributed by atoms with Crippen LogP contribution in [0.4, 0.5) is 5.69 Å². The highest BCUT2D eigenvalue weighted by Gasteiger charge is 2.00. The maximum atomic E-state index is 8.58. The molecule has 0 atom stereocenters. The quantitative estimate of drug-likeness (QED) is 0.780. The van der Waals surface area contributed by atoms with Crippen LogP contribution >= 0.6 is 11.6 Å². The number of methoxy groups -OCH3 is 1. The van der Waals surface area contributed by atoms with Gasteiger partial charge in [0.05, 0.1) is 18.7 Å². The van der Waals surface area contributed by atoms with E-state index in [0.29, 0.717) is 17.3 Å². The van der Waals surface area contributed by atoms with Crippen LogP contribution in [0.5, 0.6) is 5.75 Å². The Labute approximate surface area is 82.3 Å². The number of nitrogens with one attached hydrogen (secondary N) is 1. The topological polar surface area (TPSA) is 41.5 Å². The number of anilines is 1. The zero-order chi connectivity index (χ0) is 9.68. The molecule has 1 rings (SSSR count). The van der Waals surface area contributed by atoms with Gasteiger partial charge in [-0.2, -0.15) is 0 Å². The first-order valence-corrected chi connectivity index (χ1v) is 4.34. The molecule has 0 aromatic heterocycles. The fraction of sp³-hybridized carbons (Fsp3) is 0.333. The Bertz CT molecular complexity index is 278. The zero-order valence-corrected chi connectivity index (χ0v) is 8.14. The third kappa shape index (κ3) is 2.79.